The van der Waals surface area contributed by atoms with E-state index in [9.17, 15) is 5.11 Å². The van der Waals surface area contributed by atoms with Gasteiger partial charge in [0.05, 0.1) is 10.0 Å². The quantitative estimate of drug-likeness (QED) is 0.726. The fourth-order valence-electron chi connectivity index (χ4n) is 2.05. The maximum absolute atomic E-state index is 9.48. The third-order valence-electron chi connectivity index (χ3n) is 2.96. The minimum atomic E-state index is -0.0542. The summed E-state index contributed by atoms with van der Waals surface area (Å²) in [5.41, 5.74) is 0.865. The number of phenols is 1. The van der Waals surface area contributed by atoms with Crippen LogP contribution in [0.15, 0.2) is 12.1 Å². The van der Waals surface area contributed by atoms with Crippen molar-refractivity contribution in [3.8, 4) is 5.75 Å². The molecule has 1 saturated heterocycles. The van der Waals surface area contributed by atoms with Crippen LogP contribution >= 0.6 is 23.2 Å². The van der Waals surface area contributed by atoms with Crippen molar-refractivity contribution in [2.75, 3.05) is 18.4 Å². The number of rotatable bonds is 2. The molecule has 0 radical (unpaired) electrons. The summed E-state index contributed by atoms with van der Waals surface area (Å²) in [4.78, 5) is 0. The Labute approximate surface area is 111 Å². The lowest BCUT2D eigenvalue weighted by Crippen LogP contribution is -2.21. The van der Waals surface area contributed by atoms with Crippen molar-refractivity contribution in [2.24, 2.45) is 0 Å². The molecule has 94 valence electrons. The van der Waals surface area contributed by atoms with Gasteiger partial charge in [-0.15, -0.1) is 0 Å². The van der Waals surface area contributed by atoms with Crippen molar-refractivity contribution in [1.29, 1.82) is 0 Å². The summed E-state index contributed by atoms with van der Waals surface area (Å²) in [6, 6.07) is 3.85. The van der Waals surface area contributed by atoms with E-state index in [-0.39, 0.29) is 15.8 Å². The maximum Gasteiger partial charge on any atom is 0.152 e. The van der Waals surface area contributed by atoms with Crippen molar-refractivity contribution in [2.45, 2.75) is 25.3 Å². The molecule has 1 heterocycles. The smallest absolute Gasteiger partial charge is 0.152 e. The molecule has 17 heavy (non-hydrogen) atoms. The summed E-state index contributed by atoms with van der Waals surface area (Å²) in [7, 11) is 0. The van der Waals surface area contributed by atoms with E-state index < -0.39 is 0 Å². The highest BCUT2D eigenvalue weighted by Gasteiger charge is 2.13. The summed E-state index contributed by atoms with van der Waals surface area (Å²) in [5.74, 6) is -0.0542. The second-order valence-corrected chi connectivity index (χ2v) is 5.13. The molecular weight excluding hydrogens is 259 g/mol. The van der Waals surface area contributed by atoms with Crippen molar-refractivity contribution in [1.82, 2.24) is 5.32 Å². The number of hydrogen-bond donors (Lipinski definition) is 3. The van der Waals surface area contributed by atoms with Crippen LogP contribution in [0.25, 0.3) is 0 Å². The van der Waals surface area contributed by atoms with Crippen LogP contribution in [0.5, 0.6) is 5.75 Å². The fourth-order valence-corrected chi connectivity index (χ4v) is 2.54. The van der Waals surface area contributed by atoms with Crippen molar-refractivity contribution in [3.05, 3.63) is 22.2 Å². The summed E-state index contributed by atoms with van der Waals surface area (Å²) < 4.78 is 0. The first-order chi connectivity index (χ1) is 8.16. The highest BCUT2D eigenvalue weighted by Crippen LogP contribution is 2.35. The Bertz CT molecular complexity index is 367. The third-order valence-corrected chi connectivity index (χ3v) is 3.54. The Kier molecular flexibility index (Phi) is 4.37. The zero-order valence-electron chi connectivity index (χ0n) is 9.47. The molecule has 1 aliphatic heterocycles. The SMILES string of the molecule is Oc1c(Cl)cc(NC2CCCNCC2)cc1Cl. The molecular formula is C12H16Cl2N2O. The van der Waals surface area contributed by atoms with Gasteiger partial charge in [-0.25, -0.2) is 0 Å². The van der Waals surface area contributed by atoms with E-state index in [2.05, 4.69) is 10.6 Å². The molecule has 2 rings (SSSR count). The number of phenolic OH excluding ortho intramolecular Hbond substituents is 1. The van der Waals surface area contributed by atoms with Gasteiger partial charge >= 0.3 is 0 Å². The zero-order chi connectivity index (χ0) is 12.3. The topological polar surface area (TPSA) is 44.3 Å². The van der Waals surface area contributed by atoms with E-state index in [0.717, 1.165) is 38.0 Å². The molecule has 0 spiro atoms. The van der Waals surface area contributed by atoms with Gasteiger partial charge < -0.3 is 15.7 Å². The lowest BCUT2D eigenvalue weighted by atomic mass is 10.1. The molecule has 0 aromatic heterocycles. The molecule has 0 aliphatic carbocycles. The minimum Gasteiger partial charge on any atom is -0.505 e. The molecule has 0 saturated carbocycles. The second kappa shape index (κ2) is 5.80. The molecule has 3 nitrogen and oxygen atoms in total. The molecule has 1 unspecified atom stereocenters. The van der Waals surface area contributed by atoms with E-state index in [1.54, 1.807) is 12.1 Å². The first kappa shape index (κ1) is 12.8. The standard InChI is InChI=1S/C12H16Cl2N2O/c13-10-6-9(7-11(14)12(10)17)16-8-2-1-4-15-5-3-8/h6-8,15-17H,1-5H2. The molecule has 0 amide bonds. The van der Waals surface area contributed by atoms with E-state index >= 15 is 0 Å². The van der Waals surface area contributed by atoms with Crippen LogP contribution in [0, 0.1) is 0 Å². The van der Waals surface area contributed by atoms with Crippen molar-refractivity contribution >= 4 is 28.9 Å². The lowest BCUT2D eigenvalue weighted by molar-refractivity contribution is 0.476. The summed E-state index contributed by atoms with van der Waals surface area (Å²) in [6.07, 6.45) is 3.37. The molecule has 1 fully saturated rings. The van der Waals surface area contributed by atoms with Gasteiger partial charge in [-0.2, -0.15) is 0 Å². The van der Waals surface area contributed by atoms with Gasteiger partial charge in [0, 0.05) is 11.7 Å². The van der Waals surface area contributed by atoms with Crippen LogP contribution in [0.1, 0.15) is 19.3 Å². The number of anilines is 1. The minimum absolute atomic E-state index is 0.0542. The van der Waals surface area contributed by atoms with Gasteiger partial charge in [0.1, 0.15) is 0 Å². The summed E-state index contributed by atoms with van der Waals surface area (Å²) >= 11 is 11.8. The highest BCUT2D eigenvalue weighted by molar-refractivity contribution is 6.37. The van der Waals surface area contributed by atoms with Gasteiger partial charge in [-0.3, -0.25) is 0 Å². The Morgan fingerprint density at radius 2 is 1.88 bits per heavy atom. The van der Waals surface area contributed by atoms with Crippen LogP contribution in [0.3, 0.4) is 0 Å². The number of aromatic hydroxyl groups is 1. The fraction of sp³-hybridized carbons (Fsp3) is 0.500. The Balaban J connectivity index is 2.07. The van der Waals surface area contributed by atoms with Gasteiger partial charge in [0.25, 0.3) is 0 Å². The molecule has 0 bridgehead atoms. The maximum atomic E-state index is 9.48. The van der Waals surface area contributed by atoms with Crippen molar-refractivity contribution in [3.63, 3.8) is 0 Å². The zero-order valence-corrected chi connectivity index (χ0v) is 11.0. The van der Waals surface area contributed by atoms with E-state index in [1.807, 2.05) is 0 Å². The molecule has 1 atom stereocenters. The summed E-state index contributed by atoms with van der Waals surface area (Å²) in [5, 5.41) is 16.8. The molecule has 1 aromatic rings. The van der Waals surface area contributed by atoms with Crippen molar-refractivity contribution < 1.29 is 5.11 Å². The predicted molar refractivity (Wildman–Crippen MR) is 72.3 cm³/mol. The molecule has 5 heteroatoms. The van der Waals surface area contributed by atoms with Gasteiger partial charge in [0.2, 0.25) is 0 Å². The average molecular weight is 275 g/mol. The van der Waals surface area contributed by atoms with E-state index in [0.29, 0.717) is 6.04 Å². The number of hydrogen-bond acceptors (Lipinski definition) is 3. The Morgan fingerprint density at radius 3 is 2.59 bits per heavy atom. The van der Waals surface area contributed by atoms with Crippen LogP contribution in [0.4, 0.5) is 5.69 Å². The second-order valence-electron chi connectivity index (χ2n) is 4.31. The molecule has 1 aliphatic rings. The van der Waals surface area contributed by atoms with Crippen LogP contribution in [-0.2, 0) is 0 Å². The number of benzene rings is 1. The Hall–Kier alpha value is -0.640. The molecule has 1 aromatic carbocycles. The first-order valence-corrected chi connectivity index (χ1v) is 6.57. The Morgan fingerprint density at radius 1 is 1.18 bits per heavy atom. The first-order valence-electron chi connectivity index (χ1n) is 5.82. The van der Waals surface area contributed by atoms with Crippen LogP contribution in [0.2, 0.25) is 10.0 Å². The largest absolute Gasteiger partial charge is 0.505 e. The lowest BCUT2D eigenvalue weighted by Gasteiger charge is -2.18. The predicted octanol–water partition coefficient (Wildman–Crippen LogP) is 3.25. The number of halogens is 2. The van der Waals surface area contributed by atoms with Gasteiger partial charge in [-0.1, -0.05) is 23.2 Å². The van der Waals surface area contributed by atoms with E-state index in [1.165, 1.54) is 0 Å². The normalized spacial score (nSPS) is 20.9. The van der Waals surface area contributed by atoms with Crippen LogP contribution < -0.4 is 10.6 Å². The highest BCUT2D eigenvalue weighted by atomic mass is 35.5. The van der Waals surface area contributed by atoms with Gasteiger partial charge in [0.15, 0.2) is 5.75 Å². The van der Waals surface area contributed by atoms with E-state index in [4.69, 9.17) is 23.2 Å². The van der Waals surface area contributed by atoms with Crippen LogP contribution in [-0.4, -0.2) is 24.2 Å². The summed E-state index contributed by atoms with van der Waals surface area (Å²) in [6.45, 7) is 2.10. The molecule has 3 N–H and O–H groups in total. The third kappa shape index (κ3) is 3.41. The van der Waals surface area contributed by atoms with Gasteiger partial charge in [-0.05, 0) is 44.5 Å². The number of nitrogens with one attached hydrogen (secondary N) is 2. The average Bonchev–Trinajstić information content (AvgIpc) is 2.54. The monoisotopic (exact) mass is 274 g/mol.